The van der Waals surface area contributed by atoms with Crippen LogP contribution in [0, 0.1) is 0 Å². The Morgan fingerprint density at radius 1 is 1.53 bits per heavy atom. The first-order valence-corrected chi connectivity index (χ1v) is 8.86. The van der Waals surface area contributed by atoms with Gasteiger partial charge in [0, 0.05) is 10.6 Å². The van der Waals surface area contributed by atoms with Gasteiger partial charge in [-0.3, -0.25) is 0 Å². The van der Waals surface area contributed by atoms with Crippen LogP contribution in [0.25, 0.3) is 10.8 Å². The maximum Gasteiger partial charge on any atom is 0.268 e. The molecule has 1 unspecified atom stereocenters. The Kier molecular flexibility index (Phi) is 4.15. The molecule has 1 aliphatic rings. The fraction of sp³-hybridized carbons (Fsp3) is 0.538. The van der Waals surface area contributed by atoms with E-state index < -0.39 is 0 Å². The molecule has 3 heterocycles. The van der Waals surface area contributed by atoms with Crippen molar-refractivity contribution in [1.29, 1.82) is 0 Å². The van der Waals surface area contributed by atoms with E-state index in [1.165, 1.54) is 16.2 Å². The van der Waals surface area contributed by atoms with Crippen molar-refractivity contribution in [3.8, 4) is 10.8 Å². The molecule has 0 aromatic carbocycles. The van der Waals surface area contributed by atoms with E-state index in [4.69, 9.17) is 16.1 Å². The molecule has 3 nitrogen and oxygen atoms in total. The number of hydrogen-bond donors (Lipinski definition) is 0. The molecule has 2 aromatic heterocycles. The summed E-state index contributed by atoms with van der Waals surface area (Å²) in [6.45, 7) is 2.10. The molecular weight excluding hydrogens is 300 g/mol. The SMILES string of the molecule is CCCC(Cl)c1noc(-c2cc3c(s2)CCSC3)n1. The maximum atomic E-state index is 6.22. The third-order valence-electron chi connectivity index (χ3n) is 3.10. The monoisotopic (exact) mass is 314 g/mol. The predicted molar refractivity (Wildman–Crippen MR) is 81.0 cm³/mol. The first-order chi connectivity index (χ1) is 9.28. The molecule has 102 valence electrons. The summed E-state index contributed by atoms with van der Waals surface area (Å²) in [6, 6.07) is 2.19. The van der Waals surface area contributed by atoms with Gasteiger partial charge in [0.1, 0.15) is 0 Å². The van der Waals surface area contributed by atoms with E-state index in [9.17, 15) is 0 Å². The second-order valence-electron chi connectivity index (χ2n) is 4.58. The number of aryl methyl sites for hydroxylation is 1. The zero-order chi connectivity index (χ0) is 13.2. The molecule has 19 heavy (non-hydrogen) atoms. The number of hydrogen-bond acceptors (Lipinski definition) is 5. The number of thioether (sulfide) groups is 1. The van der Waals surface area contributed by atoms with E-state index in [0.29, 0.717) is 11.7 Å². The number of aromatic nitrogens is 2. The number of nitrogens with zero attached hydrogens (tertiary/aromatic N) is 2. The van der Waals surface area contributed by atoms with Gasteiger partial charge in [0.2, 0.25) is 0 Å². The van der Waals surface area contributed by atoms with Crippen molar-refractivity contribution in [2.75, 3.05) is 5.75 Å². The average Bonchev–Trinajstić information content (AvgIpc) is 3.05. The molecule has 0 spiro atoms. The van der Waals surface area contributed by atoms with Crippen LogP contribution in [-0.4, -0.2) is 15.9 Å². The highest BCUT2D eigenvalue weighted by molar-refractivity contribution is 7.98. The highest BCUT2D eigenvalue weighted by Crippen LogP contribution is 2.37. The van der Waals surface area contributed by atoms with Crippen molar-refractivity contribution in [3.05, 3.63) is 22.3 Å². The summed E-state index contributed by atoms with van der Waals surface area (Å²) < 4.78 is 5.35. The van der Waals surface area contributed by atoms with Crippen molar-refractivity contribution in [2.45, 2.75) is 37.3 Å². The van der Waals surface area contributed by atoms with Crippen molar-refractivity contribution < 1.29 is 4.52 Å². The molecule has 0 aliphatic carbocycles. The third-order valence-corrected chi connectivity index (χ3v) is 5.75. The van der Waals surface area contributed by atoms with Gasteiger partial charge in [0.05, 0.1) is 10.3 Å². The number of thiophene rings is 1. The fourth-order valence-electron chi connectivity index (χ4n) is 2.10. The molecule has 3 rings (SSSR count). The zero-order valence-electron chi connectivity index (χ0n) is 10.7. The molecule has 6 heteroatoms. The quantitative estimate of drug-likeness (QED) is 0.769. The number of rotatable bonds is 4. The Morgan fingerprint density at radius 2 is 2.42 bits per heavy atom. The molecule has 0 bridgehead atoms. The smallest absolute Gasteiger partial charge is 0.268 e. The van der Waals surface area contributed by atoms with Gasteiger partial charge >= 0.3 is 0 Å². The predicted octanol–water partition coefficient (Wildman–Crippen LogP) is 4.67. The normalized spacial score (nSPS) is 16.3. The van der Waals surface area contributed by atoms with Gasteiger partial charge in [-0.2, -0.15) is 16.7 Å². The minimum absolute atomic E-state index is 0.146. The molecule has 1 aliphatic heterocycles. The lowest BCUT2D eigenvalue weighted by Gasteiger charge is -2.08. The average molecular weight is 315 g/mol. The van der Waals surface area contributed by atoms with Crippen LogP contribution in [0.1, 0.15) is 41.4 Å². The molecule has 0 saturated carbocycles. The molecular formula is C13H15ClN2OS2. The Bertz CT molecular complexity index is 543. The van der Waals surface area contributed by atoms with Gasteiger partial charge in [-0.25, -0.2) is 0 Å². The van der Waals surface area contributed by atoms with E-state index in [1.54, 1.807) is 11.3 Å². The van der Waals surface area contributed by atoms with Crippen LogP contribution in [0.4, 0.5) is 0 Å². The van der Waals surface area contributed by atoms with E-state index in [2.05, 4.69) is 23.1 Å². The van der Waals surface area contributed by atoms with Crippen LogP contribution >= 0.6 is 34.7 Å². The molecule has 0 amide bonds. The van der Waals surface area contributed by atoms with Crippen molar-refractivity contribution in [2.24, 2.45) is 0 Å². The fourth-order valence-corrected chi connectivity index (χ4v) is 4.70. The molecule has 0 radical (unpaired) electrons. The lowest BCUT2D eigenvalue weighted by atomic mass is 10.2. The molecule has 0 N–H and O–H groups in total. The first kappa shape index (κ1) is 13.5. The second-order valence-corrected chi connectivity index (χ2v) is 7.34. The first-order valence-electron chi connectivity index (χ1n) is 6.45. The van der Waals surface area contributed by atoms with Gasteiger partial charge in [0.15, 0.2) is 5.82 Å². The van der Waals surface area contributed by atoms with Crippen LogP contribution in [0.15, 0.2) is 10.6 Å². The van der Waals surface area contributed by atoms with E-state index in [1.807, 2.05) is 11.8 Å². The zero-order valence-corrected chi connectivity index (χ0v) is 13.1. The van der Waals surface area contributed by atoms with Crippen LogP contribution < -0.4 is 0 Å². The van der Waals surface area contributed by atoms with E-state index in [-0.39, 0.29) is 5.38 Å². The van der Waals surface area contributed by atoms with Crippen molar-refractivity contribution in [1.82, 2.24) is 10.1 Å². The number of fused-ring (bicyclic) bond motifs is 1. The van der Waals surface area contributed by atoms with Crippen LogP contribution in [-0.2, 0) is 12.2 Å². The lowest BCUT2D eigenvalue weighted by molar-refractivity contribution is 0.421. The van der Waals surface area contributed by atoms with E-state index >= 15 is 0 Å². The summed E-state index contributed by atoms with van der Waals surface area (Å²) in [5, 5.41) is 3.86. The standard InChI is InChI=1S/C13H15ClN2OS2/c1-2-3-9(14)12-15-13(17-16-12)11-6-8-7-18-5-4-10(8)19-11/h6,9H,2-5,7H2,1H3. The Morgan fingerprint density at radius 3 is 3.21 bits per heavy atom. The van der Waals surface area contributed by atoms with Crippen LogP contribution in [0.2, 0.25) is 0 Å². The highest BCUT2D eigenvalue weighted by Gasteiger charge is 2.20. The van der Waals surface area contributed by atoms with Gasteiger partial charge in [-0.1, -0.05) is 18.5 Å². The van der Waals surface area contributed by atoms with Gasteiger partial charge < -0.3 is 4.52 Å². The van der Waals surface area contributed by atoms with Crippen molar-refractivity contribution in [3.63, 3.8) is 0 Å². The van der Waals surface area contributed by atoms with Gasteiger partial charge in [0.25, 0.3) is 5.89 Å². The second kappa shape index (κ2) is 5.85. The maximum absolute atomic E-state index is 6.22. The summed E-state index contributed by atoms with van der Waals surface area (Å²) >= 11 is 9.98. The topological polar surface area (TPSA) is 38.9 Å². The largest absolute Gasteiger partial charge is 0.333 e. The Hall–Kier alpha value is -0.520. The van der Waals surface area contributed by atoms with Gasteiger partial charge in [-0.05, 0) is 30.2 Å². The Labute approximate surface area is 125 Å². The summed E-state index contributed by atoms with van der Waals surface area (Å²) in [5.41, 5.74) is 1.42. The Balaban J connectivity index is 1.84. The molecule has 1 atom stereocenters. The minimum Gasteiger partial charge on any atom is -0.333 e. The molecule has 2 aromatic rings. The number of alkyl halides is 1. The molecule has 0 fully saturated rings. The van der Waals surface area contributed by atoms with Crippen molar-refractivity contribution >= 4 is 34.7 Å². The summed E-state index contributed by atoms with van der Waals surface area (Å²) in [4.78, 5) is 6.97. The summed E-state index contributed by atoms with van der Waals surface area (Å²) in [6.07, 6.45) is 3.04. The summed E-state index contributed by atoms with van der Waals surface area (Å²) in [7, 11) is 0. The third kappa shape index (κ3) is 2.83. The minimum atomic E-state index is -0.146. The lowest BCUT2D eigenvalue weighted by Crippen LogP contribution is -1.96. The summed E-state index contributed by atoms with van der Waals surface area (Å²) in [5.74, 6) is 3.53. The van der Waals surface area contributed by atoms with E-state index in [0.717, 1.165) is 29.9 Å². The van der Waals surface area contributed by atoms with Crippen LogP contribution in [0.5, 0.6) is 0 Å². The molecule has 0 saturated heterocycles. The van der Waals surface area contributed by atoms with Crippen LogP contribution in [0.3, 0.4) is 0 Å². The number of halogens is 1. The highest BCUT2D eigenvalue weighted by atomic mass is 35.5. The van der Waals surface area contributed by atoms with Gasteiger partial charge in [-0.15, -0.1) is 22.9 Å².